The fourth-order valence-corrected chi connectivity index (χ4v) is 1.66. The molecular weight excluding hydrogens is 188 g/mol. The van der Waals surface area contributed by atoms with Crippen molar-refractivity contribution in [1.82, 2.24) is 4.90 Å². The van der Waals surface area contributed by atoms with Gasteiger partial charge in [-0.2, -0.15) is 0 Å². The average Bonchev–Trinajstić information content (AvgIpc) is 2.25. The maximum absolute atomic E-state index is 11.7. The minimum absolute atomic E-state index is 0.312. The van der Waals surface area contributed by atoms with Gasteiger partial charge in [-0.15, -0.1) is 0 Å². The summed E-state index contributed by atoms with van der Waals surface area (Å²) in [7, 11) is 0. The van der Waals surface area contributed by atoms with Crippen LogP contribution in [0.2, 0.25) is 0 Å². The first-order chi connectivity index (χ1) is 7.26. The number of carbonyl (C=O) groups excluding carboxylic acids is 1. The Bertz CT molecular complexity index is 160. The van der Waals surface area contributed by atoms with E-state index in [1.54, 1.807) is 0 Å². The average molecular weight is 214 g/mol. The van der Waals surface area contributed by atoms with E-state index in [1.165, 1.54) is 0 Å². The number of nitrogens with two attached hydrogens (primary N) is 1. The molecule has 0 aliphatic rings. The predicted molar refractivity (Wildman–Crippen MR) is 64.7 cm³/mol. The largest absolute Gasteiger partial charge is 0.343 e. The van der Waals surface area contributed by atoms with Gasteiger partial charge in [0.1, 0.15) is 0 Å². The third-order valence-corrected chi connectivity index (χ3v) is 2.57. The van der Waals surface area contributed by atoms with Gasteiger partial charge in [-0.1, -0.05) is 19.8 Å². The summed E-state index contributed by atoms with van der Waals surface area (Å²) < 4.78 is 0. The van der Waals surface area contributed by atoms with Crippen LogP contribution in [-0.2, 0) is 4.79 Å². The third kappa shape index (κ3) is 7.37. The molecule has 2 N–H and O–H groups in total. The first kappa shape index (κ1) is 14.4. The van der Waals surface area contributed by atoms with Crippen LogP contribution in [0, 0.1) is 0 Å². The molecule has 0 fully saturated rings. The zero-order valence-corrected chi connectivity index (χ0v) is 10.3. The molecule has 0 aromatic rings. The summed E-state index contributed by atoms with van der Waals surface area (Å²) in [6.07, 6.45) is 6.14. The predicted octanol–water partition coefficient (Wildman–Crippen LogP) is 2.15. The highest BCUT2D eigenvalue weighted by atomic mass is 16.2. The van der Waals surface area contributed by atoms with Crippen LogP contribution in [-0.4, -0.2) is 30.4 Å². The van der Waals surface area contributed by atoms with Gasteiger partial charge in [0.15, 0.2) is 0 Å². The van der Waals surface area contributed by atoms with Crippen molar-refractivity contribution in [3.8, 4) is 0 Å². The van der Waals surface area contributed by atoms with Crippen molar-refractivity contribution in [3.63, 3.8) is 0 Å². The van der Waals surface area contributed by atoms with Gasteiger partial charge in [0.05, 0.1) is 0 Å². The van der Waals surface area contributed by atoms with Crippen LogP contribution in [0.4, 0.5) is 0 Å². The highest BCUT2D eigenvalue weighted by Crippen LogP contribution is 2.05. The van der Waals surface area contributed by atoms with E-state index in [0.717, 1.165) is 51.7 Å². The second kappa shape index (κ2) is 9.97. The summed E-state index contributed by atoms with van der Waals surface area (Å²) in [5.74, 6) is 0.312. The Morgan fingerprint density at radius 2 is 1.80 bits per heavy atom. The molecule has 0 atom stereocenters. The summed E-state index contributed by atoms with van der Waals surface area (Å²) in [6.45, 7) is 6.66. The van der Waals surface area contributed by atoms with Crippen molar-refractivity contribution < 1.29 is 4.79 Å². The normalized spacial score (nSPS) is 10.3. The monoisotopic (exact) mass is 214 g/mol. The van der Waals surface area contributed by atoms with Crippen molar-refractivity contribution in [2.75, 3.05) is 19.6 Å². The number of carbonyl (C=O) groups is 1. The number of hydrogen-bond acceptors (Lipinski definition) is 2. The van der Waals surface area contributed by atoms with E-state index in [2.05, 4.69) is 6.92 Å². The van der Waals surface area contributed by atoms with E-state index in [9.17, 15) is 4.79 Å². The second-order valence-electron chi connectivity index (χ2n) is 3.93. The van der Waals surface area contributed by atoms with Gasteiger partial charge in [-0.05, 0) is 32.7 Å². The number of hydrogen-bond donors (Lipinski definition) is 1. The summed E-state index contributed by atoms with van der Waals surface area (Å²) in [6, 6.07) is 0. The molecule has 0 heterocycles. The van der Waals surface area contributed by atoms with Gasteiger partial charge in [-0.3, -0.25) is 4.79 Å². The number of unbranched alkanes of at least 4 members (excludes halogenated alkanes) is 3. The lowest BCUT2D eigenvalue weighted by Gasteiger charge is -2.19. The molecule has 0 aromatic heterocycles. The maximum Gasteiger partial charge on any atom is 0.222 e. The molecule has 0 bridgehead atoms. The molecule has 0 saturated carbocycles. The molecule has 0 saturated heterocycles. The standard InChI is InChI=1S/C12H26N2O/c1-3-11-14(4-2)12(15)9-7-5-6-8-10-13/h3-11,13H2,1-2H3. The van der Waals surface area contributed by atoms with Crippen molar-refractivity contribution in [2.45, 2.75) is 52.4 Å². The fourth-order valence-electron chi connectivity index (χ4n) is 1.66. The molecule has 0 aliphatic carbocycles. The molecule has 1 amide bonds. The number of rotatable bonds is 9. The van der Waals surface area contributed by atoms with Gasteiger partial charge in [-0.25, -0.2) is 0 Å². The van der Waals surface area contributed by atoms with Crippen LogP contribution in [0.15, 0.2) is 0 Å². The van der Waals surface area contributed by atoms with Crippen LogP contribution in [0.3, 0.4) is 0 Å². The first-order valence-corrected chi connectivity index (χ1v) is 6.24. The third-order valence-electron chi connectivity index (χ3n) is 2.57. The molecule has 0 unspecified atom stereocenters. The van der Waals surface area contributed by atoms with E-state index < -0.39 is 0 Å². The highest BCUT2D eigenvalue weighted by molar-refractivity contribution is 5.76. The molecule has 3 heteroatoms. The van der Waals surface area contributed by atoms with E-state index in [4.69, 9.17) is 5.73 Å². The Morgan fingerprint density at radius 1 is 1.13 bits per heavy atom. The quantitative estimate of drug-likeness (QED) is 0.598. The molecular formula is C12H26N2O. The van der Waals surface area contributed by atoms with Crippen LogP contribution in [0.5, 0.6) is 0 Å². The zero-order valence-electron chi connectivity index (χ0n) is 10.3. The lowest BCUT2D eigenvalue weighted by atomic mass is 10.1. The number of amides is 1. The molecule has 0 aromatic carbocycles. The van der Waals surface area contributed by atoms with Crippen molar-refractivity contribution >= 4 is 5.91 Å². The maximum atomic E-state index is 11.7. The van der Waals surface area contributed by atoms with Gasteiger partial charge in [0, 0.05) is 19.5 Å². The Kier molecular flexibility index (Phi) is 9.59. The van der Waals surface area contributed by atoms with Gasteiger partial charge in [0.2, 0.25) is 5.91 Å². The minimum Gasteiger partial charge on any atom is -0.343 e. The van der Waals surface area contributed by atoms with Gasteiger partial charge in [0.25, 0.3) is 0 Å². The SMILES string of the molecule is CCCN(CC)C(=O)CCCCCCN. The number of nitrogens with zero attached hydrogens (tertiary/aromatic N) is 1. The Labute approximate surface area is 94.0 Å². The zero-order chi connectivity index (χ0) is 11.5. The summed E-state index contributed by atoms with van der Waals surface area (Å²) in [4.78, 5) is 13.6. The molecule has 3 nitrogen and oxygen atoms in total. The van der Waals surface area contributed by atoms with E-state index in [0.29, 0.717) is 12.3 Å². The van der Waals surface area contributed by atoms with Crippen LogP contribution >= 0.6 is 0 Å². The minimum atomic E-state index is 0.312. The van der Waals surface area contributed by atoms with Crippen LogP contribution in [0.1, 0.15) is 52.4 Å². The fraction of sp³-hybridized carbons (Fsp3) is 0.917. The lowest BCUT2D eigenvalue weighted by molar-refractivity contribution is -0.131. The van der Waals surface area contributed by atoms with E-state index in [-0.39, 0.29) is 0 Å². The highest BCUT2D eigenvalue weighted by Gasteiger charge is 2.09. The molecule has 0 radical (unpaired) electrons. The van der Waals surface area contributed by atoms with Crippen molar-refractivity contribution in [2.24, 2.45) is 5.73 Å². The van der Waals surface area contributed by atoms with Gasteiger partial charge >= 0.3 is 0 Å². The Morgan fingerprint density at radius 3 is 2.33 bits per heavy atom. The Hall–Kier alpha value is -0.570. The molecule has 0 rings (SSSR count). The summed E-state index contributed by atoms with van der Waals surface area (Å²) in [5.41, 5.74) is 5.40. The summed E-state index contributed by atoms with van der Waals surface area (Å²) in [5, 5.41) is 0. The molecule has 0 spiro atoms. The topological polar surface area (TPSA) is 46.3 Å². The van der Waals surface area contributed by atoms with Crippen molar-refractivity contribution in [1.29, 1.82) is 0 Å². The molecule has 0 aliphatic heterocycles. The van der Waals surface area contributed by atoms with Crippen molar-refractivity contribution in [3.05, 3.63) is 0 Å². The smallest absolute Gasteiger partial charge is 0.222 e. The van der Waals surface area contributed by atoms with Crippen LogP contribution < -0.4 is 5.73 Å². The molecule has 15 heavy (non-hydrogen) atoms. The molecule has 90 valence electrons. The first-order valence-electron chi connectivity index (χ1n) is 6.24. The Balaban J connectivity index is 3.53. The second-order valence-corrected chi connectivity index (χ2v) is 3.93. The lowest BCUT2D eigenvalue weighted by Crippen LogP contribution is -2.31. The summed E-state index contributed by atoms with van der Waals surface area (Å²) >= 11 is 0. The van der Waals surface area contributed by atoms with E-state index >= 15 is 0 Å². The van der Waals surface area contributed by atoms with Gasteiger partial charge < -0.3 is 10.6 Å². The van der Waals surface area contributed by atoms with Crippen LogP contribution in [0.25, 0.3) is 0 Å². The van der Waals surface area contributed by atoms with E-state index in [1.807, 2.05) is 11.8 Å².